The monoisotopic (exact) mass is 824 g/mol. The first-order chi connectivity index (χ1) is 31.2. The van der Waals surface area contributed by atoms with Gasteiger partial charge in [-0.3, -0.25) is 9.13 Å². The van der Waals surface area contributed by atoms with Crippen LogP contribution in [0.25, 0.3) is 121 Å². The van der Waals surface area contributed by atoms with Crippen LogP contribution in [-0.2, 0) is 0 Å². The van der Waals surface area contributed by atoms with E-state index in [1.54, 1.807) is 11.3 Å². The molecule has 0 spiro atoms. The quantitative estimate of drug-likeness (QED) is 0.166. The van der Waals surface area contributed by atoms with Crippen LogP contribution in [0.4, 0.5) is 0 Å². The average Bonchev–Trinajstić information content (AvgIpc) is 4.02. The number of fused-ring (bicyclic) bond motifs is 10. The first-order valence-corrected chi connectivity index (χ1v) is 21.6. The van der Waals surface area contributed by atoms with Gasteiger partial charge in [-0.05, 0) is 36.4 Å². The molecule has 0 amide bonds. The largest absolute Gasteiger partial charge is 0.278 e. The summed E-state index contributed by atoms with van der Waals surface area (Å²) in [5.41, 5.74) is 7.66. The molecule has 13 aromatic rings. The summed E-state index contributed by atoms with van der Waals surface area (Å²) in [6.45, 7) is 0. The van der Waals surface area contributed by atoms with Gasteiger partial charge in [0.15, 0.2) is 23.3 Å². The lowest BCUT2D eigenvalue weighted by atomic mass is 10.1. The molecule has 0 unspecified atom stereocenters. The number of rotatable bonds is 6. The van der Waals surface area contributed by atoms with Gasteiger partial charge in [0.2, 0.25) is 11.9 Å². The third kappa shape index (κ3) is 5.67. The zero-order valence-corrected chi connectivity index (χ0v) is 34.3. The number of thiophene rings is 1. The fraction of sp³-hybridized carbons (Fsp3) is 0. The standard InChI is InChI=1S/C54H32N8S/c1-4-16-33(17-5-1)49-55-50(34-18-6-2-7-19-34)59-54(58-49)62-45-31-28-36(32-42(45)40-29-30-41-39-24-12-15-27-46(39)63-48(41)47(40)62)52-56-51(35-20-8-3-9-21-35)57-53(60-52)61-43-25-13-10-22-37(43)38-23-11-14-26-44(38)61/h1-32H. The molecule has 5 aromatic heterocycles. The molecule has 0 fully saturated rings. The third-order valence-electron chi connectivity index (χ3n) is 11.9. The summed E-state index contributed by atoms with van der Waals surface area (Å²) >= 11 is 1.79. The van der Waals surface area contributed by atoms with Crippen molar-refractivity contribution in [3.8, 4) is 57.4 Å². The molecule has 0 aliphatic heterocycles. The number of nitrogens with zero attached hydrogens (tertiary/aromatic N) is 8. The van der Waals surface area contributed by atoms with Gasteiger partial charge in [0.1, 0.15) is 0 Å². The maximum Gasteiger partial charge on any atom is 0.238 e. The summed E-state index contributed by atoms with van der Waals surface area (Å²) in [6.07, 6.45) is 0. The van der Waals surface area contributed by atoms with Gasteiger partial charge in [0.05, 0.1) is 26.8 Å². The summed E-state index contributed by atoms with van der Waals surface area (Å²) in [7, 11) is 0. The molecule has 0 saturated heterocycles. The van der Waals surface area contributed by atoms with Crippen LogP contribution in [0.15, 0.2) is 194 Å². The molecule has 0 saturated carbocycles. The predicted octanol–water partition coefficient (Wildman–Crippen LogP) is 13.3. The van der Waals surface area contributed by atoms with Crippen molar-refractivity contribution in [1.82, 2.24) is 39.0 Å². The number of benzene rings is 8. The molecule has 0 aliphatic rings. The average molecular weight is 825 g/mol. The van der Waals surface area contributed by atoms with Crippen LogP contribution >= 0.6 is 11.3 Å². The molecule has 8 aromatic carbocycles. The Bertz CT molecular complexity index is 3800. The minimum absolute atomic E-state index is 0.542. The Kier molecular flexibility index (Phi) is 7.91. The van der Waals surface area contributed by atoms with Gasteiger partial charge in [0, 0.05) is 59.3 Å². The van der Waals surface area contributed by atoms with E-state index in [2.05, 4.69) is 112 Å². The van der Waals surface area contributed by atoms with Gasteiger partial charge in [-0.1, -0.05) is 158 Å². The fourth-order valence-electron chi connectivity index (χ4n) is 8.97. The van der Waals surface area contributed by atoms with Crippen LogP contribution in [0.5, 0.6) is 0 Å². The Morgan fingerprint density at radius 1 is 0.302 bits per heavy atom. The Hall–Kier alpha value is -8.40. The predicted molar refractivity (Wildman–Crippen MR) is 257 cm³/mol. The number of hydrogen-bond acceptors (Lipinski definition) is 7. The molecular formula is C54H32N8S. The van der Waals surface area contributed by atoms with E-state index in [4.69, 9.17) is 29.9 Å². The van der Waals surface area contributed by atoms with Crippen LogP contribution in [0.2, 0.25) is 0 Å². The van der Waals surface area contributed by atoms with E-state index in [0.29, 0.717) is 35.2 Å². The van der Waals surface area contributed by atoms with Crippen molar-refractivity contribution in [2.45, 2.75) is 0 Å². The van der Waals surface area contributed by atoms with E-state index in [1.807, 2.05) is 91.0 Å². The molecule has 0 radical (unpaired) electrons. The van der Waals surface area contributed by atoms with E-state index in [-0.39, 0.29) is 0 Å². The fourth-order valence-corrected chi connectivity index (χ4v) is 10.2. The lowest BCUT2D eigenvalue weighted by Crippen LogP contribution is -2.07. The van der Waals surface area contributed by atoms with Gasteiger partial charge < -0.3 is 0 Å². The van der Waals surface area contributed by atoms with Crippen LogP contribution in [-0.4, -0.2) is 39.0 Å². The van der Waals surface area contributed by atoms with Crippen molar-refractivity contribution in [2.24, 2.45) is 0 Å². The molecule has 0 bridgehead atoms. The van der Waals surface area contributed by atoms with Crippen LogP contribution < -0.4 is 0 Å². The molecule has 63 heavy (non-hydrogen) atoms. The molecule has 9 heteroatoms. The highest BCUT2D eigenvalue weighted by molar-refractivity contribution is 7.26. The van der Waals surface area contributed by atoms with Gasteiger partial charge in [-0.2, -0.15) is 19.9 Å². The molecular weight excluding hydrogens is 793 g/mol. The second-order valence-electron chi connectivity index (χ2n) is 15.5. The summed E-state index contributed by atoms with van der Waals surface area (Å²) in [4.78, 5) is 31.2. The van der Waals surface area contributed by atoms with E-state index >= 15 is 0 Å². The normalized spacial score (nSPS) is 11.8. The Balaban J connectivity index is 1.10. The van der Waals surface area contributed by atoms with E-state index in [9.17, 15) is 0 Å². The highest BCUT2D eigenvalue weighted by Crippen LogP contribution is 2.44. The molecule has 8 nitrogen and oxygen atoms in total. The van der Waals surface area contributed by atoms with Crippen molar-refractivity contribution < 1.29 is 0 Å². The second-order valence-corrected chi connectivity index (χ2v) is 16.6. The second kappa shape index (κ2) is 14.1. The minimum Gasteiger partial charge on any atom is -0.278 e. The summed E-state index contributed by atoms with van der Waals surface area (Å²) in [5.74, 6) is 3.47. The Morgan fingerprint density at radius 2 is 0.746 bits per heavy atom. The molecule has 5 heterocycles. The molecule has 0 aliphatic carbocycles. The van der Waals surface area contributed by atoms with E-state index in [0.717, 1.165) is 70.6 Å². The van der Waals surface area contributed by atoms with Crippen molar-refractivity contribution in [1.29, 1.82) is 0 Å². The van der Waals surface area contributed by atoms with Gasteiger partial charge in [-0.25, -0.2) is 9.97 Å². The topological polar surface area (TPSA) is 87.2 Å². The van der Waals surface area contributed by atoms with Crippen LogP contribution in [0, 0.1) is 0 Å². The maximum atomic E-state index is 5.30. The lowest BCUT2D eigenvalue weighted by molar-refractivity contribution is 0.952. The lowest BCUT2D eigenvalue weighted by Gasteiger charge is -2.12. The number of aromatic nitrogens is 8. The van der Waals surface area contributed by atoms with Gasteiger partial charge in [0.25, 0.3) is 0 Å². The summed E-state index contributed by atoms with van der Waals surface area (Å²) in [5, 5.41) is 6.80. The van der Waals surface area contributed by atoms with Gasteiger partial charge >= 0.3 is 0 Å². The zero-order chi connectivity index (χ0) is 41.4. The molecule has 294 valence electrons. The van der Waals surface area contributed by atoms with Gasteiger partial charge in [-0.15, -0.1) is 11.3 Å². The first-order valence-electron chi connectivity index (χ1n) is 20.8. The number of hydrogen-bond donors (Lipinski definition) is 0. The Labute approximate surface area is 364 Å². The smallest absolute Gasteiger partial charge is 0.238 e. The highest BCUT2D eigenvalue weighted by atomic mass is 32.1. The van der Waals surface area contributed by atoms with Crippen molar-refractivity contribution in [3.63, 3.8) is 0 Å². The molecule has 0 atom stereocenters. The van der Waals surface area contributed by atoms with Crippen molar-refractivity contribution in [3.05, 3.63) is 194 Å². The summed E-state index contributed by atoms with van der Waals surface area (Å²) in [6, 6.07) is 66.8. The van der Waals surface area contributed by atoms with Crippen LogP contribution in [0.1, 0.15) is 0 Å². The SMILES string of the molecule is c1ccc(-c2nc(-c3ccc4c(c3)c3ccc5c6ccccc6sc5c3n4-c3nc(-c4ccccc4)nc(-c4ccccc4)n3)nc(-n3c4ccccc4c4ccccc43)n2)cc1. The molecule has 0 N–H and O–H groups in total. The van der Waals surface area contributed by atoms with E-state index in [1.165, 1.54) is 15.5 Å². The molecule has 13 rings (SSSR count). The van der Waals surface area contributed by atoms with Crippen molar-refractivity contribution >= 4 is 75.1 Å². The first kappa shape index (κ1) is 35.4. The van der Waals surface area contributed by atoms with E-state index < -0.39 is 0 Å². The third-order valence-corrected chi connectivity index (χ3v) is 13.0. The number of para-hydroxylation sites is 2. The zero-order valence-electron chi connectivity index (χ0n) is 33.5. The minimum atomic E-state index is 0.542. The highest BCUT2D eigenvalue weighted by Gasteiger charge is 2.23. The van der Waals surface area contributed by atoms with Crippen LogP contribution in [0.3, 0.4) is 0 Å². The Morgan fingerprint density at radius 3 is 1.32 bits per heavy atom. The maximum absolute atomic E-state index is 5.30. The van der Waals surface area contributed by atoms with Crippen molar-refractivity contribution in [2.75, 3.05) is 0 Å². The summed E-state index contributed by atoms with van der Waals surface area (Å²) < 4.78 is 6.76.